The van der Waals surface area contributed by atoms with Gasteiger partial charge < -0.3 is 9.53 Å². The Kier molecular flexibility index (Phi) is 7.72. The van der Waals surface area contributed by atoms with E-state index >= 15 is 0 Å². The van der Waals surface area contributed by atoms with Gasteiger partial charge in [0.05, 0.1) is 12.2 Å². The van der Waals surface area contributed by atoms with E-state index in [1.54, 1.807) is 0 Å². The predicted molar refractivity (Wildman–Crippen MR) is 102 cm³/mol. The number of allylic oxidation sites excluding steroid dienone is 1. The maximum atomic E-state index is 9.33. The Labute approximate surface area is 143 Å². The molecule has 1 aromatic rings. The van der Waals surface area contributed by atoms with Crippen LogP contribution < -0.4 is 0 Å². The molecule has 1 N–H and O–H groups in total. The summed E-state index contributed by atoms with van der Waals surface area (Å²) >= 11 is 0. The van der Waals surface area contributed by atoms with Gasteiger partial charge in [0.15, 0.2) is 8.32 Å². The van der Waals surface area contributed by atoms with Gasteiger partial charge in [-0.15, -0.1) is 0 Å². The summed E-state index contributed by atoms with van der Waals surface area (Å²) in [6.45, 7) is 13.3. The molecule has 0 bridgehead atoms. The molecule has 1 rings (SSSR count). The molecule has 3 heteroatoms. The van der Waals surface area contributed by atoms with E-state index in [1.807, 2.05) is 13.0 Å². The topological polar surface area (TPSA) is 29.5 Å². The number of benzene rings is 1. The van der Waals surface area contributed by atoms with Gasteiger partial charge in [0.1, 0.15) is 0 Å². The summed E-state index contributed by atoms with van der Waals surface area (Å²) in [7, 11) is -1.81. The fourth-order valence-electron chi connectivity index (χ4n) is 2.13. The van der Waals surface area contributed by atoms with E-state index < -0.39 is 8.32 Å². The van der Waals surface area contributed by atoms with E-state index in [0.29, 0.717) is 0 Å². The molecule has 0 fully saturated rings. The minimum absolute atomic E-state index is 0.111. The molecule has 23 heavy (non-hydrogen) atoms. The Morgan fingerprint density at radius 3 is 2.26 bits per heavy atom. The first-order valence-corrected chi connectivity index (χ1v) is 11.6. The molecule has 1 aromatic carbocycles. The second-order valence-corrected chi connectivity index (χ2v) is 12.7. The molecule has 0 aliphatic carbocycles. The molecular weight excluding hydrogens is 300 g/mol. The molecule has 0 aliphatic heterocycles. The monoisotopic (exact) mass is 334 g/mol. The number of aliphatic hydroxyl groups is 1. The van der Waals surface area contributed by atoms with Gasteiger partial charge in [-0.1, -0.05) is 63.3 Å². The third-order valence-corrected chi connectivity index (χ3v) is 9.17. The number of hydrogen-bond donors (Lipinski definition) is 1. The Morgan fingerprint density at radius 1 is 1.13 bits per heavy atom. The van der Waals surface area contributed by atoms with E-state index in [-0.39, 0.29) is 17.2 Å². The zero-order chi connectivity index (χ0) is 17.5. The van der Waals surface area contributed by atoms with E-state index in [1.165, 1.54) is 5.56 Å². The van der Waals surface area contributed by atoms with Crippen molar-refractivity contribution in [2.24, 2.45) is 0 Å². The van der Waals surface area contributed by atoms with Crippen molar-refractivity contribution in [2.45, 2.75) is 77.3 Å². The second-order valence-electron chi connectivity index (χ2n) is 7.91. The highest BCUT2D eigenvalue weighted by atomic mass is 28.4. The molecule has 0 radical (unpaired) electrons. The molecule has 0 saturated heterocycles. The maximum absolute atomic E-state index is 9.33. The van der Waals surface area contributed by atoms with Crippen LogP contribution in [-0.2, 0) is 4.43 Å². The van der Waals surface area contributed by atoms with Gasteiger partial charge in [0.25, 0.3) is 0 Å². The lowest BCUT2D eigenvalue weighted by molar-refractivity contribution is 0.184. The third kappa shape index (κ3) is 7.02. The van der Waals surface area contributed by atoms with E-state index in [2.05, 4.69) is 70.3 Å². The SMILES string of the molecule is C[C@@H](O)CC/C=C\C[C@H](O[Si](C)(C)C(C)(C)C)c1ccccc1. The van der Waals surface area contributed by atoms with Crippen molar-refractivity contribution in [1.29, 1.82) is 0 Å². The first kappa shape index (κ1) is 20.1. The zero-order valence-electron chi connectivity index (χ0n) is 15.7. The van der Waals surface area contributed by atoms with Crippen LogP contribution in [0.3, 0.4) is 0 Å². The molecule has 2 nitrogen and oxygen atoms in total. The first-order valence-electron chi connectivity index (χ1n) is 8.69. The largest absolute Gasteiger partial charge is 0.410 e. The third-order valence-electron chi connectivity index (χ3n) is 4.68. The van der Waals surface area contributed by atoms with Crippen LogP contribution in [0, 0.1) is 0 Å². The first-order chi connectivity index (χ1) is 10.6. The fraction of sp³-hybridized carbons (Fsp3) is 0.600. The number of hydrogen-bond acceptors (Lipinski definition) is 2. The Morgan fingerprint density at radius 2 is 1.74 bits per heavy atom. The van der Waals surface area contributed by atoms with E-state index in [4.69, 9.17) is 4.43 Å². The van der Waals surface area contributed by atoms with Gasteiger partial charge in [-0.3, -0.25) is 0 Å². The van der Waals surface area contributed by atoms with Gasteiger partial charge in [0, 0.05) is 0 Å². The summed E-state index contributed by atoms with van der Waals surface area (Å²) in [6, 6.07) is 10.5. The van der Waals surface area contributed by atoms with Crippen molar-refractivity contribution < 1.29 is 9.53 Å². The predicted octanol–water partition coefficient (Wildman–Crippen LogP) is 5.86. The lowest BCUT2D eigenvalue weighted by Crippen LogP contribution is -2.41. The molecule has 0 aliphatic rings. The molecule has 0 heterocycles. The summed E-state index contributed by atoms with van der Waals surface area (Å²) in [6.07, 6.45) is 6.86. The van der Waals surface area contributed by atoms with Gasteiger partial charge in [0.2, 0.25) is 0 Å². The summed E-state index contributed by atoms with van der Waals surface area (Å²) < 4.78 is 6.65. The summed E-state index contributed by atoms with van der Waals surface area (Å²) in [5.41, 5.74) is 1.25. The van der Waals surface area contributed by atoms with Crippen LogP contribution in [0.1, 0.15) is 58.6 Å². The van der Waals surface area contributed by atoms with Crippen molar-refractivity contribution >= 4 is 8.32 Å². The van der Waals surface area contributed by atoms with E-state index in [9.17, 15) is 5.11 Å². The van der Waals surface area contributed by atoms with Gasteiger partial charge in [-0.05, 0) is 49.9 Å². The molecule has 130 valence electrons. The Balaban J connectivity index is 2.79. The van der Waals surface area contributed by atoms with Crippen LogP contribution in [0.5, 0.6) is 0 Å². The maximum Gasteiger partial charge on any atom is 0.192 e. The van der Waals surface area contributed by atoms with Crippen LogP contribution in [0.15, 0.2) is 42.5 Å². The molecule has 0 amide bonds. The normalized spacial score (nSPS) is 15.8. The van der Waals surface area contributed by atoms with Crippen LogP contribution in [0.2, 0.25) is 18.1 Å². The summed E-state index contributed by atoms with van der Waals surface area (Å²) in [5, 5.41) is 9.53. The minimum atomic E-state index is -1.81. The zero-order valence-corrected chi connectivity index (χ0v) is 16.7. The standard InChI is InChI=1S/C20H34O2Si/c1-17(21)13-9-7-12-16-19(18-14-10-8-11-15-18)22-23(5,6)20(2,3)4/h7-8,10-12,14-15,17,19,21H,9,13,16H2,1-6H3/b12-7-/t17-,19+/m1/s1. The Bertz CT molecular complexity index is 472. The van der Waals surface area contributed by atoms with Crippen molar-refractivity contribution in [2.75, 3.05) is 0 Å². The van der Waals surface area contributed by atoms with Crippen molar-refractivity contribution in [3.8, 4) is 0 Å². The lowest BCUT2D eigenvalue weighted by Gasteiger charge is -2.39. The van der Waals surface area contributed by atoms with Gasteiger partial charge in [-0.2, -0.15) is 0 Å². The Hall–Kier alpha value is -0.903. The summed E-state index contributed by atoms with van der Waals surface area (Å²) in [5.74, 6) is 0. The molecule has 0 unspecified atom stereocenters. The molecule has 0 aromatic heterocycles. The average molecular weight is 335 g/mol. The minimum Gasteiger partial charge on any atom is -0.410 e. The van der Waals surface area contributed by atoms with Crippen LogP contribution in [-0.4, -0.2) is 19.5 Å². The fourth-order valence-corrected chi connectivity index (χ4v) is 3.42. The molecule has 2 atom stereocenters. The van der Waals surface area contributed by atoms with Crippen molar-refractivity contribution in [3.63, 3.8) is 0 Å². The van der Waals surface area contributed by atoms with Gasteiger partial charge in [-0.25, -0.2) is 0 Å². The number of aliphatic hydroxyl groups excluding tert-OH is 1. The molecule has 0 saturated carbocycles. The van der Waals surface area contributed by atoms with Crippen LogP contribution >= 0.6 is 0 Å². The van der Waals surface area contributed by atoms with Gasteiger partial charge >= 0.3 is 0 Å². The van der Waals surface area contributed by atoms with E-state index in [0.717, 1.165) is 19.3 Å². The highest BCUT2D eigenvalue weighted by molar-refractivity contribution is 6.74. The van der Waals surface area contributed by atoms with Crippen LogP contribution in [0.4, 0.5) is 0 Å². The lowest BCUT2D eigenvalue weighted by atomic mass is 10.1. The van der Waals surface area contributed by atoms with Crippen LogP contribution in [0.25, 0.3) is 0 Å². The molecular formula is C20H34O2Si. The second kappa shape index (κ2) is 8.81. The highest BCUT2D eigenvalue weighted by Gasteiger charge is 2.39. The smallest absolute Gasteiger partial charge is 0.192 e. The average Bonchev–Trinajstić information content (AvgIpc) is 2.45. The van der Waals surface area contributed by atoms with Crippen molar-refractivity contribution in [3.05, 3.63) is 48.0 Å². The van der Waals surface area contributed by atoms with Crippen molar-refractivity contribution in [1.82, 2.24) is 0 Å². The highest BCUT2D eigenvalue weighted by Crippen LogP contribution is 2.40. The summed E-state index contributed by atoms with van der Waals surface area (Å²) in [4.78, 5) is 0. The number of rotatable bonds is 8. The molecule has 0 spiro atoms. The quantitative estimate of drug-likeness (QED) is 0.477.